The molecule has 12 aromatic heterocycles. The Morgan fingerprint density at radius 1 is 0.411 bits per heavy atom. The summed E-state index contributed by atoms with van der Waals surface area (Å²) in [6.07, 6.45) is 34.6. The van der Waals surface area contributed by atoms with Gasteiger partial charge in [0.1, 0.15) is 23.3 Å². The minimum absolute atomic E-state index is 0.0703. The maximum atomic E-state index is 9.17. The molecule has 6 aliphatic heterocycles. The summed E-state index contributed by atoms with van der Waals surface area (Å²) < 4.78 is 20.3. The molecule has 0 spiro atoms. The SMILES string of the molecule is Cn1cc(-c2cnn3c(NC4CCNCC4)cc(C4CCCNC4)nc23)cn1.Cn1cc(-c2cnn3c(NCCN4CCOCC4)cc(C4CCCNC4)nc23)cn1.Cn1cc(-c2cnn3c(NCCO)cc(C4CCCNC4)nc23)cn1.Cn1cc(-c2cnn3c(NCc4ccccc4)cc(C4CCCNC4)nc23)cn1. The number of aliphatic hydroxyl groups excluding tert-OH is 1. The molecule has 32 nitrogen and oxygen atoms in total. The van der Waals surface area contributed by atoms with Crippen molar-refractivity contribution in [1.82, 2.24) is 129 Å². The zero-order valence-corrected chi connectivity index (χ0v) is 64.8. The highest BCUT2D eigenvalue weighted by Gasteiger charge is 2.28. The van der Waals surface area contributed by atoms with Gasteiger partial charge in [-0.25, -0.2) is 19.9 Å². The molecule has 0 saturated carbocycles. The van der Waals surface area contributed by atoms with E-state index in [9.17, 15) is 5.11 Å². The van der Waals surface area contributed by atoms with E-state index >= 15 is 0 Å². The minimum atomic E-state index is 0.0703. The summed E-state index contributed by atoms with van der Waals surface area (Å²) in [6, 6.07) is 19.5. The van der Waals surface area contributed by atoms with Gasteiger partial charge in [0.15, 0.2) is 22.6 Å². The smallest absolute Gasteiger partial charge is 0.165 e. The number of benzene rings is 1. The standard InChI is InChI=1S/C22H25N7.C21H30N8O.C20H28N8.C17H23N7O/c1-28-15-18(13-25-28)19-14-26-29-21(24-11-16-6-3-2-4-7-16)10-20(27-22(19)29)17-8-5-9-23-12-17;1-27-15-17(13-24-27)18-14-25-29-20(23-5-6-28-7-9-30-10-8-28)11-19(26-21(18)29)16-3-2-4-22-12-16;1-27-13-15(11-23-27)17-12-24-28-19(25-16-4-7-21-8-5-16)9-18(26-20(17)28)14-3-2-6-22-10-14;1-23-11-13(9-20-23)14-10-21-24-16(19-5-6-25)7-15(22-17(14)24)12-3-2-4-18-8-12/h2-4,6-7,10,13-15,17,23-24H,5,8-9,11-12H2,1H3;11,13-16,22-23H,2-10,12H2,1H3;9,11-14,16,21-22,25H,2-8,10H2,1H3;7,9-12,18-19,25H,2-6,8H2,1H3. The topological polar surface area (TPSA) is 333 Å². The summed E-state index contributed by atoms with van der Waals surface area (Å²) in [6.45, 7) is 17.2. The Balaban J connectivity index is 0.000000113. The van der Waals surface area contributed by atoms with E-state index in [0.29, 0.717) is 36.3 Å². The highest BCUT2D eigenvalue weighted by molar-refractivity contribution is 5.80. The molecule has 0 aliphatic carbocycles. The van der Waals surface area contributed by atoms with Gasteiger partial charge in [-0.1, -0.05) is 30.3 Å². The molecule has 588 valence electrons. The molecule has 4 unspecified atom stereocenters. The van der Waals surface area contributed by atoms with Crippen LogP contribution in [0.4, 0.5) is 23.3 Å². The Kier molecular flexibility index (Phi) is 24.1. The van der Waals surface area contributed by atoms with Crippen molar-refractivity contribution in [3.8, 4) is 44.5 Å². The number of hydrogen-bond donors (Lipinski definition) is 10. The Bertz CT molecular complexity index is 5180. The molecule has 13 aromatic rings. The highest BCUT2D eigenvalue weighted by Crippen LogP contribution is 2.36. The second-order valence-corrected chi connectivity index (χ2v) is 30.3. The number of anilines is 4. The van der Waals surface area contributed by atoms with E-state index in [1.807, 2.05) is 136 Å². The van der Waals surface area contributed by atoms with Crippen LogP contribution in [0, 0.1) is 0 Å². The number of nitrogens with one attached hydrogen (secondary N) is 9. The molecule has 10 N–H and O–H groups in total. The van der Waals surface area contributed by atoms with E-state index in [-0.39, 0.29) is 6.61 Å². The first kappa shape index (κ1) is 75.5. The molecule has 4 atom stereocenters. The van der Waals surface area contributed by atoms with Crippen LogP contribution < -0.4 is 47.9 Å². The average molecular weight is 1520 g/mol. The maximum Gasteiger partial charge on any atom is 0.165 e. The number of rotatable bonds is 20. The monoisotopic (exact) mass is 1520 g/mol. The summed E-state index contributed by atoms with van der Waals surface area (Å²) in [5.74, 6) is 5.57. The second-order valence-electron chi connectivity index (χ2n) is 30.3. The first-order valence-corrected chi connectivity index (χ1v) is 40.1. The van der Waals surface area contributed by atoms with E-state index in [1.165, 1.54) is 37.7 Å². The lowest BCUT2D eigenvalue weighted by atomic mass is 9.95. The molecular weight excluding hydrogens is 1410 g/mol. The molecule has 0 amide bonds. The van der Waals surface area contributed by atoms with Crippen molar-refractivity contribution in [2.24, 2.45) is 28.2 Å². The van der Waals surface area contributed by atoms with Gasteiger partial charge in [-0.2, -0.15) is 58.9 Å². The number of aromatic nitrogens is 20. The summed E-state index contributed by atoms with van der Waals surface area (Å²) in [5.41, 5.74) is 17.3. The van der Waals surface area contributed by atoms with Crippen LogP contribution >= 0.6 is 0 Å². The number of ether oxygens (including phenoxy) is 1. The van der Waals surface area contributed by atoms with Crippen LogP contribution in [0.15, 0.2) is 129 Å². The normalized spacial score (nSPS) is 19.2. The number of aliphatic hydroxyl groups is 1. The van der Waals surface area contributed by atoms with Crippen molar-refractivity contribution >= 4 is 45.9 Å². The number of hydrogen-bond acceptors (Lipinski definition) is 24. The fraction of sp³-hybridized carbons (Fsp3) is 0.475. The van der Waals surface area contributed by atoms with Crippen LogP contribution in [0.25, 0.3) is 67.1 Å². The molecule has 1 aromatic carbocycles. The van der Waals surface area contributed by atoms with Gasteiger partial charge >= 0.3 is 0 Å². The molecule has 6 saturated heterocycles. The van der Waals surface area contributed by atoms with Gasteiger partial charge in [0, 0.05) is 217 Å². The maximum absolute atomic E-state index is 9.17. The number of aryl methyl sites for hydroxylation is 4. The third kappa shape index (κ3) is 17.8. The third-order valence-electron chi connectivity index (χ3n) is 22.2. The number of piperidine rings is 5. The van der Waals surface area contributed by atoms with Crippen LogP contribution in [0.2, 0.25) is 0 Å². The van der Waals surface area contributed by atoms with Crippen LogP contribution in [-0.2, 0) is 39.5 Å². The van der Waals surface area contributed by atoms with E-state index in [1.54, 1.807) is 9.20 Å². The van der Waals surface area contributed by atoms with Gasteiger partial charge in [-0.3, -0.25) is 23.6 Å². The number of morpholine rings is 1. The fourth-order valence-electron chi connectivity index (χ4n) is 16.0. The zero-order chi connectivity index (χ0) is 76.1. The van der Waals surface area contributed by atoms with E-state index < -0.39 is 0 Å². The quantitative estimate of drug-likeness (QED) is 0.0357. The fourth-order valence-corrected chi connectivity index (χ4v) is 16.0. The number of fused-ring (bicyclic) bond motifs is 4. The Hall–Kier alpha value is -10.6. The van der Waals surface area contributed by atoms with Gasteiger partial charge in [0.25, 0.3) is 0 Å². The van der Waals surface area contributed by atoms with Crippen molar-refractivity contribution in [2.45, 2.75) is 100 Å². The summed E-state index contributed by atoms with van der Waals surface area (Å²) in [5, 5.41) is 76.5. The van der Waals surface area contributed by atoms with Crippen LogP contribution in [0.5, 0.6) is 0 Å². The molecule has 112 heavy (non-hydrogen) atoms. The predicted octanol–water partition coefficient (Wildman–Crippen LogP) is 7.31. The van der Waals surface area contributed by atoms with Gasteiger partial charge in [0.2, 0.25) is 0 Å². The Labute approximate surface area is 651 Å². The van der Waals surface area contributed by atoms with E-state index in [4.69, 9.17) is 24.7 Å². The molecule has 6 fully saturated rings. The predicted molar refractivity (Wildman–Crippen MR) is 435 cm³/mol. The van der Waals surface area contributed by atoms with Crippen LogP contribution in [-0.4, -0.2) is 232 Å². The minimum Gasteiger partial charge on any atom is -0.395 e. The van der Waals surface area contributed by atoms with Crippen molar-refractivity contribution < 1.29 is 9.84 Å². The molecular formula is C80H106N30O2. The van der Waals surface area contributed by atoms with Gasteiger partial charge < -0.3 is 57.7 Å². The van der Waals surface area contributed by atoms with E-state index in [0.717, 1.165) is 257 Å². The largest absolute Gasteiger partial charge is 0.395 e. The van der Waals surface area contributed by atoms with Crippen LogP contribution in [0.3, 0.4) is 0 Å². The Morgan fingerprint density at radius 2 is 0.777 bits per heavy atom. The Morgan fingerprint density at radius 3 is 1.13 bits per heavy atom. The van der Waals surface area contributed by atoms with Gasteiger partial charge in [-0.05, 0) is 109 Å². The lowest BCUT2D eigenvalue weighted by Crippen LogP contribution is -2.39. The van der Waals surface area contributed by atoms with Crippen molar-refractivity contribution in [3.63, 3.8) is 0 Å². The van der Waals surface area contributed by atoms with E-state index in [2.05, 4.69) is 142 Å². The number of nitrogens with zero attached hydrogens (tertiary/aromatic N) is 21. The summed E-state index contributed by atoms with van der Waals surface area (Å²) >= 11 is 0. The average Bonchev–Trinajstić information content (AvgIpc) is 1.64. The third-order valence-corrected chi connectivity index (χ3v) is 22.2. The lowest BCUT2D eigenvalue weighted by molar-refractivity contribution is 0.0398. The second kappa shape index (κ2) is 35.8. The molecule has 6 aliphatic rings. The summed E-state index contributed by atoms with van der Waals surface area (Å²) in [7, 11) is 7.69. The van der Waals surface area contributed by atoms with Gasteiger partial charge in [-0.15, -0.1) is 0 Å². The molecule has 0 bridgehead atoms. The van der Waals surface area contributed by atoms with Crippen LogP contribution in [0.1, 0.15) is 116 Å². The molecule has 32 heteroatoms. The molecule has 19 rings (SSSR count). The lowest BCUT2D eigenvalue weighted by Gasteiger charge is -2.27. The highest BCUT2D eigenvalue weighted by atomic mass is 16.5. The van der Waals surface area contributed by atoms with Gasteiger partial charge in [0.05, 0.1) is 92.2 Å². The zero-order valence-electron chi connectivity index (χ0n) is 64.8. The molecule has 0 radical (unpaired) electrons. The van der Waals surface area contributed by atoms with Crippen molar-refractivity contribution in [2.75, 3.05) is 139 Å². The first-order chi connectivity index (χ1) is 55.1. The van der Waals surface area contributed by atoms with Crippen molar-refractivity contribution in [3.05, 3.63) is 157 Å². The molecule has 18 heterocycles. The summed E-state index contributed by atoms with van der Waals surface area (Å²) in [4.78, 5) is 22.5. The first-order valence-electron chi connectivity index (χ1n) is 40.1. The van der Waals surface area contributed by atoms with Crippen molar-refractivity contribution in [1.29, 1.82) is 0 Å².